The second-order valence-corrected chi connectivity index (χ2v) is 5.79. The first kappa shape index (κ1) is 16.5. The fraction of sp³-hybridized carbons (Fsp3) is 0.667. The molecule has 1 aromatic rings. The van der Waals surface area contributed by atoms with Crippen molar-refractivity contribution in [2.45, 2.75) is 25.8 Å². The molecule has 0 radical (unpaired) electrons. The molecule has 1 aliphatic heterocycles. The van der Waals surface area contributed by atoms with Gasteiger partial charge in [-0.05, 0) is 25.5 Å². The Labute approximate surface area is 130 Å². The van der Waals surface area contributed by atoms with Crippen molar-refractivity contribution in [2.24, 2.45) is 5.92 Å². The molecule has 2 atom stereocenters. The molecule has 1 N–H and O–H groups in total. The van der Waals surface area contributed by atoms with Crippen LogP contribution in [0.15, 0.2) is 12.3 Å². The van der Waals surface area contributed by atoms with E-state index in [0.29, 0.717) is 18.3 Å². The third-order valence-electron chi connectivity index (χ3n) is 3.97. The molecule has 1 fully saturated rings. The van der Waals surface area contributed by atoms with E-state index >= 15 is 0 Å². The summed E-state index contributed by atoms with van der Waals surface area (Å²) in [4.78, 5) is 25.3. The predicted molar refractivity (Wildman–Crippen MR) is 81.5 cm³/mol. The van der Waals surface area contributed by atoms with Gasteiger partial charge >= 0.3 is 5.97 Å². The van der Waals surface area contributed by atoms with Crippen molar-refractivity contribution in [3.63, 3.8) is 0 Å². The minimum absolute atomic E-state index is 0.182. The van der Waals surface area contributed by atoms with Crippen LogP contribution in [0.3, 0.4) is 0 Å². The quantitative estimate of drug-likeness (QED) is 0.810. The van der Waals surface area contributed by atoms with Gasteiger partial charge in [0.15, 0.2) is 0 Å². The number of hydrogen-bond acceptors (Lipinski definition) is 5. The Morgan fingerprint density at radius 2 is 2.36 bits per heavy atom. The number of carbonyl (C=O) groups is 2. The number of esters is 1. The number of amides is 1. The molecular weight excluding hydrogens is 284 g/mol. The maximum atomic E-state index is 12.4. The fourth-order valence-electron chi connectivity index (χ4n) is 2.68. The van der Waals surface area contributed by atoms with Crippen LogP contribution < -0.4 is 5.32 Å². The van der Waals surface area contributed by atoms with E-state index in [1.54, 1.807) is 20.0 Å². The minimum Gasteiger partial charge on any atom is -0.469 e. The van der Waals surface area contributed by atoms with Crippen LogP contribution in [0.25, 0.3) is 0 Å². The summed E-state index contributed by atoms with van der Waals surface area (Å²) >= 11 is 0. The van der Waals surface area contributed by atoms with Crippen molar-refractivity contribution in [1.82, 2.24) is 20.0 Å². The molecule has 22 heavy (non-hydrogen) atoms. The summed E-state index contributed by atoms with van der Waals surface area (Å²) in [5.74, 6) is -0.861. The molecule has 0 aromatic carbocycles. The van der Waals surface area contributed by atoms with E-state index in [1.807, 2.05) is 10.9 Å². The Morgan fingerprint density at radius 1 is 1.59 bits per heavy atom. The molecule has 1 aliphatic rings. The first-order valence-electron chi connectivity index (χ1n) is 7.62. The lowest BCUT2D eigenvalue weighted by Crippen LogP contribution is -2.35. The maximum Gasteiger partial charge on any atom is 0.310 e. The van der Waals surface area contributed by atoms with E-state index in [2.05, 4.69) is 15.2 Å². The lowest BCUT2D eigenvalue weighted by molar-refractivity contribution is -0.145. The standard InChI is InChI=1S/C15H24N4O3/c1-11(15(21)22-3)10-18(2)14(20)13-6-8-19(17-13)12-5-4-7-16-9-12/h6,8,11-12,16H,4-5,7,9-10H2,1-3H3. The summed E-state index contributed by atoms with van der Waals surface area (Å²) in [5, 5.41) is 7.73. The maximum absolute atomic E-state index is 12.4. The van der Waals surface area contributed by atoms with E-state index in [4.69, 9.17) is 0 Å². The number of nitrogens with zero attached hydrogens (tertiary/aromatic N) is 3. The van der Waals surface area contributed by atoms with Gasteiger partial charge in [-0.1, -0.05) is 6.92 Å². The van der Waals surface area contributed by atoms with Gasteiger partial charge in [-0.25, -0.2) is 0 Å². The van der Waals surface area contributed by atoms with Gasteiger partial charge in [0.1, 0.15) is 5.69 Å². The monoisotopic (exact) mass is 308 g/mol. The molecule has 7 nitrogen and oxygen atoms in total. The van der Waals surface area contributed by atoms with Crippen molar-refractivity contribution in [1.29, 1.82) is 0 Å². The third kappa shape index (κ3) is 3.85. The zero-order valence-electron chi connectivity index (χ0n) is 13.4. The zero-order valence-corrected chi connectivity index (χ0v) is 13.4. The largest absolute Gasteiger partial charge is 0.469 e. The van der Waals surface area contributed by atoms with Crippen molar-refractivity contribution in [3.05, 3.63) is 18.0 Å². The molecule has 2 heterocycles. The van der Waals surface area contributed by atoms with E-state index in [0.717, 1.165) is 25.9 Å². The van der Waals surface area contributed by atoms with Gasteiger partial charge in [0.05, 0.1) is 19.1 Å². The van der Waals surface area contributed by atoms with Gasteiger partial charge in [-0.2, -0.15) is 5.10 Å². The number of methoxy groups -OCH3 is 1. The van der Waals surface area contributed by atoms with Crippen molar-refractivity contribution >= 4 is 11.9 Å². The van der Waals surface area contributed by atoms with Gasteiger partial charge in [-0.15, -0.1) is 0 Å². The van der Waals surface area contributed by atoms with E-state index in [1.165, 1.54) is 12.0 Å². The SMILES string of the molecule is COC(=O)C(C)CN(C)C(=O)c1ccn(C2CCCNC2)n1. The first-order valence-corrected chi connectivity index (χ1v) is 7.62. The van der Waals surface area contributed by atoms with Crippen molar-refractivity contribution < 1.29 is 14.3 Å². The molecule has 2 rings (SSSR count). The molecule has 0 saturated carbocycles. The molecule has 1 amide bonds. The summed E-state index contributed by atoms with van der Waals surface area (Å²) in [7, 11) is 3.02. The Hall–Kier alpha value is -1.89. The molecule has 0 bridgehead atoms. The van der Waals surface area contributed by atoms with Crippen LogP contribution >= 0.6 is 0 Å². The van der Waals surface area contributed by atoms with Crippen LogP contribution in [0.5, 0.6) is 0 Å². The second kappa shape index (κ2) is 7.40. The minimum atomic E-state index is -0.358. The normalized spacial score (nSPS) is 19.5. The molecule has 1 aromatic heterocycles. The molecule has 122 valence electrons. The molecule has 7 heteroatoms. The highest BCUT2D eigenvalue weighted by Gasteiger charge is 2.22. The highest BCUT2D eigenvalue weighted by molar-refractivity contribution is 5.92. The predicted octanol–water partition coefficient (Wildman–Crippen LogP) is 0.689. The summed E-state index contributed by atoms with van der Waals surface area (Å²) in [6.07, 6.45) is 4.03. The Balaban J connectivity index is 1.97. The van der Waals surface area contributed by atoms with Gasteiger partial charge in [-0.3, -0.25) is 14.3 Å². The van der Waals surface area contributed by atoms with Crippen LogP contribution in [0.1, 0.15) is 36.3 Å². The third-order valence-corrected chi connectivity index (χ3v) is 3.97. The molecule has 1 saturated heterocycles. The average molecular weight is 308 g/mol. The number of piperidine rings is 1. The van der Waals surface area contributed by atoms with Gasteiger partial charge in [0.25, 0.3) is 5.91 Å². The topological polar surface area (TPSA) is 76.5 Å². The Morgan fingerprint density at radius 3 is 3.00 bits per heavy atom. The van der Waals surface area contributed by atoms with Gasteiger partial charge in [0, 0.05) is 26.3 Å². The van der Waals surface area contributed by atoms with E-state index < -0.39 is 0 Å². The second-order valence-electron chi connectivity index (χ2n) is 5.79. The van der Waals surface area contributed by atoms with E-state index in [-0.39, 0.29) is 17.8 Å². The molecule has 2 unspecified atom stereocenters. The lowest BCUT2D eigenvalue weighted by Gasteiger charge is -2.23. The molecule has 0 spiro atoms. The number of nitrogens with one attached hydrogen (secondary N) is 1. The zero-order chi connectivity index (χ0) is 16.1. The summed E-state index contributed by atoms with van der Waals surface area (Å²) in [6.45, 7) is 3.97. The summed E-state index contributed by atoms with van der Waals surface area (Å²) < 4.78 is 6.54. The number of rotatable bonds is 5. The lowest BCUT2D eigenvalue weighted by atomic mass is 10.1. The molecular formula is C15H24N4O3. The van der Waals surface area contributed by atoms with Gasteiger partial charge < -0.3 is 15.0 Å². The number of hydrogen-bond donors (Lipinski definition) is 1. The van der Waals surface area contributed by atoms with Crippen LogP contribution in [0, 0.1) is 5.92 Å². The van der Waals surface area contributed by atoms with Crippen molar-refractivity contribution in [3.8, 4) is 0 Å². The summed E-state index contributed by atoms with van der Waals surface area (Å²) in [5.41, 5.74) is 0.408. The van der Waals surface area contributed by atoms with Crippen LogP contribution in [0.2, 0.25) is 0 Å². The van der Waals surface area contributed by atoms with Crippen molar-refractivity contribution in [2.75, 3.05) is 33.8 Å². The smallest absolute Gasteiger partial charge is 0.310 e. The number of carbonyl (C=O) groups excluding carboxylic acids is 2. The van der Waals surface area contributed by atoms with E-state index in [9.17, 15) is 9.59 Å². The molecule has 0 aliphatic carbocycles. The Bertz CT molecular complexity index is 523. The number of aromatic nitrogens is 2. The van der Waals surface area contributed by atoms with Crippen LogP contribution in [-0.2, 0) is 9.53 Å². The summed E-state index contributed by atoms with van der Waals surface area (Å²) in [6, 6.07) is 2.03. The van der Waals surface area contributed by atoms with Crippen LogP contribution in [0.4, 0.5) is 0 Å². The number of ether oxygens (including phenoxy) is 1. The van der Waals surface area contributed by atoms with Gasteiger partial charge in [0.2, 0.25) is 0 Å². The highest BCUT2D eigenvalue weighted by atomic mass is 16.5. The fourth-order valence-corrected chi connectivity index (χ4v) is 2.68. The highest BCUT2D eigenvalue weighted by Crippen LogP contribution is 2.16. The Kier molecular flexibility index (Phi) is 5.54. The van der Waals surface area contributed by atoms with Crippen LogP contribution in [-0.4, -0.2) is 60.3 Å². The first-order chi connectivity index (χ1) is 10.5. The average Bonchev–Trinajstić information content (AvgIpc) is 3.03.